The summed E-state index contributed by atoms with van der Waals surface area (Å²) in [5.41, 5.74) is 1.08. The van der Waals surface area contributed by atoms with Crippen LogP contribution in [-0.4, -0.2) is 55.3 Å². The second-order valence-corrected chi connectivity index (χ2v) is 5.76. The number of likely N-dealkylation sites (N-methyl/N-ethyl adjacent to an activating group) is 2. The quantitative estimate of drug-likeness (QED) is 0.863. The molecule has 116 valence electrons. The summed E-state index contributed by atoms with van der Waals surface area (Å²) in [4.78, 5) is 26.9. The van der Waals surface area contributed by atoms with Crippen molar-refractivity contribution in [3.63, 3.8) is 0 Å². The third-order valence-electron chi connectivity index (χ3n) is 2.97. The van der Waals surface area contributed by atoms with Crippen LogP contribution in [0.4, 0.5) is 0 Å². The Labute approximate surface area is 130 Å². The Hall–Kier alpha value is -1.59. The highest BCUT2D eigenvalue weighted by molar-refractivity contribution is 6.30. The lowest BCUT2D eigenvalue weighted by molar-refractivity contribution is -0.134. The number of hydrogen-bond donors (Lipinski definition) is 1. The molecule has 0 fully saturated rings. The van der Waals surface area contributed by atoms with E-state index in [9.17, 15) is 9.59 Å². The van der Waals surface area contributed by atoms with Gasteiger partial charge in [0.25, 0.3) is 0 Å². The summed E-state index contributed by atoms with van der Waals surface area (Å²) in [6.45, 7) is 2.55. The van der Waals surface area contributed by atoms with Gasteiger partial charge in [-0.3, -0.25) is 14.5 Å². The second-order valence-electron chi connectivity index (χ2n) is 5.32. The molecule has 1 aromatic carbocycles. The molecule has 0 heterocycles. The first kappa shape index (κ1) is 17.5. The van der Waals surface area contributed by atoms with Gasteiger partial charge in [0.15, 0.2) is 0 Å². The number of hydrogen-bond acceptors (Lipinski definition) is 3. The highest BCUT2D eigenvalue weighted by Gasteiger charge is 2.17. The first-order valence-electron chi connectivity index (χ1n) is 6.73. The Bertz CT molecular complexity index is 488. The highest BCUT2D eigenvalue weighted by Crippen LogP contribution is 2.10. The van der Waals surface area contributed by atoms with Crippen LogP contribution in [0.15, 0.2) is 24.3 Å². The van der Waals surface area contributed by atoms with E-state index in [1.165, 1.54) is 4.90 Å². The first-order chi connectivity index (χ1) is 9.79. The molecule has 0 aliphatic heterocycles. The number of halogens is 1. The van der Waals surface area contributed by atoms with E-state index in [1.807, 2.05) is 36.2 Å². The van der Waals surface area contributed by atoms with E-state index in [-0.39, 0.29) is 18.4 Å². The lowest BCUT2D eigenvalue weighted by atomic mass is 10.2. The number of carbonyl (C=O) groups is 2. The molecule has 0 aliphatic carbocycles. The van der Waals surface area contributed by atoms with Gasteiger partial charge in [0.1, 0.15) is 6.04 Å². The minimum atomic E-state index is -0.517. The monoisotopic (exact) mass is 311 g/mol. The van der Waals surface area contributed by atoms with Gasteiger partial charge in [-0.15, -0.1) is 0 Å². The number of benzene rings is 1. The molecule has 1 aromatic rings. The predicted octanol–water partition coefficient (Wildman–Crippen LogP) is 1.36. The molecule has 0 aliphatic rings. The fraction of sp³-hybridized carbons (Fsp3) is 0.467. The van der Waals surface area contributed by atoms with Gasteiger partial charge in [-0.05, 0) is 31.7 Å². The molecule has 1 rings (SSSR count). The molecule has 1 atom stereocenters. The summed E-state index contributed by atoms with van der Waals surface area (Å²) >= 11 is 5.83. The molecule has 1 N–H and O–H groups in total. The molecule has 0 aromatic heterocycles. The van der Waals surface area contributed by atoms with E-state index in [0.717, 1.165) is 5.56 Å². The van der Waals surface area contributed by atoms with E-state index in [4.69, 9.17) is 11.6 Å². The Morgan fingerprint density at radius 1 is 1.19 bits per heavy atom. The van der Waals surface area contributed by atoms with Crippen molar-refractivity contribution in [2.75, 3.05) is 27.7 Å². The summed E-state index contributed by atoms with van der Waals surface area (Å²) in [5, 5.41) is 3.38. The SMILES string of the molecule is CC(NC(=O)CN(C)Cc1ccc(Cl)cc1)C(=O)N(C)C. The van der Waals surface area contributed by atoms with Gasteiger partial charge >= 0.3 is 0 Å². The third-order valence-corrected chi connectivity index (χ3v) is 3.22. The average Bonchev–Trinajstić information content (AvgIpc) is 2.39. The molecule has 0 radical (unpaired) electrons. The number of amides is 2. The van der Waals surface area contributed by atoms with Crippen molar-refractivity contribution in [2.45, 2.75) is 19.5 Å². The van der Waals surface area contributed by atoms with Crippen molar-refractivity contribution < 1.29 is 9.59 Å². The van der Waals surface area contributed by atoms with E-state index < -0.39 is 6.04 Å². The predicted molar refractivity (Wildman–Crippen MR) is 84.1 cm³/mol. The summed E-state index contributed by atoms with van der Waals surface area (Å²) < 4.78 is 0. The molecule has 2 amide bonds. The lowest BCUT2D eigenvalue weighted by Gasteiger charge is -2.20. The largest absolute Gasteiger partial charge is 0.347 e. The first-order valence-corrected chi connectivity index (χ1v) is 7.11. The Morgan fingerprint density at radius 2 is 1.76 bits per heavy atom. The van der Waals surface area contributed by atoms with Crippen LogP contribution >= 0.6 is 11.6 Å². The highest BCUT2D eigenvalue weighted by atomic mass is 35.5. The molecular formula is C15H22ClN3O2. The molecular weight excluding hydrogens is 290 g/mol. The number of nitrogens with zero attached hydrogens (tertiary/aromatic N) is 2. The Balaban J connectivity index is 2.43. The van der Waals surface area contributed by atoms with Crippen LogP contribution in [0.25, 0.3) is 0 Å². The van der Waals surface area contributed by atoms with Gasteiger partial charge < -0.3 is 10.2 Å². The molecule has 6 heteroatoms. The number of carbonyl (C=O) groups excluding carboxylic acids is 2. The summed E-state index contributed by atoms with van der Waals surface area (Å²) in [7, 11) is 5.18. The minimum Gasteiger partial charge on any atom is -0.347 e. The standard InChI is InChI=1S/C15H22ClN3O2/c1-11(15(21)18(2)3)17-14(20)10-19(4)9-12-5-7-13(16)8-6-12/h5-8,11H,9-10H2,1-4H3,(H,17,20). The topological polar surface area (TPSA) is 52.7 Å². The van der Waals surface area contributed by atoms with E-state index >= 15 is 0 Å². The van der Waals surface area contributed by atoms with E-state index in [0.29, 0.717) is 11.6 Å². The zero-order valence-electron chi connectivity index (χ0n) is 12.9. The van der Waals surface area contributed by atoms with Gasteiger partial charge in [0.05, 0.1) is 6.54 Å². The summed E-state index contributed by atoms with van der Waals surface area (Å²) in [6, 6.07) is 6.98. The summed E-state index contributed by atoms with van der Waals surface area (Å²) in [5.74, 6) is -0.294. The lowest BCUT2D eigenvalue weighted by Crippen LogP contribution is -2.47. The number of nitrogens with one attached hydrogen (secondary N) is 1. The van der Waals surface area contributed by atoms with E-state index in [2.05, 4.69) is 5.32 Å². The fourth-order valence-electron chi connectivity index (χ4n) is 1.94. The Morgan fingerprint density at radius 3 is 2.29 bits per heavy atom. The maximum Gasteiger partial charge on any atom is 0.244 e. The van der Waals surface area contributed by atoms with Crippen LogP contribution in [-0.2, 0) is 16.1 Å². The minimum absolute atomic E-state index is 0.122. The van der Waals surface area contributed by atoms with E-state index in [1.54, 1.807) is 21.0 Å². The van der Waals surface area contributed by atoms with Crippen LogP contribution in [0.2, 0.25) is 5.02 Å². The van der Waals surface area contributed by atoms with Crippen LogP contribution in [0.3, 0.4) is 0 Å². The maximum absolute atomic E-state index is 11.9. The third kappa shape index (κ3) is 6.14. The normalized spacial score (nSPS) is 12.1. The molecule has 1 unspecified atom stereocenters. The smallest absolute Gasteiger partial charge is 0.244 e. The van der Waals surface area contributed by atoms with Crippen molar-refractivity contribution in [1.29, 1.82) is 0 Å². The van der Waals surface area contributed by atoms with Gasteiger partial charge in [0, 0.05) is 25.7 Å². The van der Waals surface area contributed by atoms with Crippen molar-refractivity contribution in [2.24, 2.45) is 0 Å². The molecule has 0 saturated heterocycles. The van der Waals surface area contributed by atoms with Crippen molar-refractivity contribution in [3.8, 4) is 0 Å². The zero-order valence-corrected chi connectivity index (χ0v) is 13.6. The van der Waals surface area contributed by atoms with Crippen molar-refractivity contribution in [1.82, 2.24) is 15.1 Å². The van der Waals surface area contributed by atoms with Gasteiger partial charge in [-0.2, -0.15) is 0 Å². The molecule has 5 nitrogen and oxygen atoms in total. The van der Waals surface area contributed by atoms with Crippen LogP contribution < -0.4 is 5.32 Å². The maximum atomic E-state index is 11.9. The molecule has 0 saturated carbocycles. The number of rotatable bonds is 6. The van der Waals surface area contributed by atoms with Gasteiger partial charge in [-0.1, -0.05) is 23.7 Å². The molecule has 0 bridgehead atoms. The van der Waals surface area contributed by atoms with Crippen LogP contribution in [0.1, 0.15) is 12.5 Å². The van der Waals surface area contributed by atoms with Crippen molar-refractivity contribution in [3.05, 3.63) is 34.9 Å². The fourth-order valence-corrected chi connectivity index (χ4v) is 2.06. The van der Waals surface area contributed by atoms with Crippen LogP contribution in [0.5, 0.6) is 0 Å². The second kappa shape index (κ2) is 8.00. The van der Waals surface area contributed by atoms with Gasteiger partial charge in [-0.25, -0.2) is 0 Å². The van der Waals surface area contributed by atoms with Gasteiger partial charge in [0.2, 0.25) is 11.8 Å². The molecule has 0 spiro atoms. The van der Waals surface area contributed by atoms with Crippen LogP contribution in [0, 0.1) is 0 Å². The van der Waals surface area contributed by atoms with Crippen molar-refractivity contribution >= 4 is 23.4 Å². The Kier molecular flexibility index (Phi) is 6.65. The molecule has 21 heavy (non-hydrogen) atoms. The summed E-state index contributed by atoms with van der Waals surface area (Å²) in [6.07, 6.45) is 0. The zero-order chi connectivity index (χ0) is 16.0. The average molecular weight is 312 g/mol.